The van der Waals surface area contributed by atoms with Gasteiger partial charge in [-0.1, -0.05) is 27.7 Å². The normalized spacial score (nSPS) is 12.3. The van der Waals surface area contributed by atoms with Crippen LogP contribution in [0.15, 0.2) is 5.38 Å². The summed E-state index contributed by atoms with van der Waals surface area (Å²) in [6, 6.07) is -0.902. The van der Waals surface area contributed by atoms with Crippen molar-refractivity contribution in [3.8, 4) is 0 Å². The quantitative estimate of drug-likeness (QED) is 0.669. The number of hydrogen-bond donors (Lipinski definition) is 3. The molecule has 0 aromatic carbocycles. The zero-order valence-corrected chi connectivity index (χ0v) is 14.6. The van der Waals surface area contributed by atoms with Gasteiger partial charge in [-0.05, 0) is 12.3 Å². The maximum atomic E-state index is 12.0. The van der Waals surface area contributed by atoms with E-state index in [9.17, 15) is 14.4 Å². The largest absolute Gasteiger partial charge is 0.480 e. The van der Waals surface area contributed by atoms with Crippen LogP contribution in [0.5, 0.6) is 0 Å². The van der Waals surface area contributed by atoms with Crippen molar-refractivity contribution >= 4 is 34.3 Å². The molecule has 0 unspecified atom stereocenters. The van der Waals surface area contributed by atoms with E-state index in [4.69, 9.17) is 5.11 Å². The second-order valence-electron chi connectivity index (χ2n) is 6.05. The lowest BCUT2D eigenvalue weighted by atomic mass is 10.0. The molecule has 128 valence electrons. The average Bonchev–Trinajstić information content (AvgIpc) is 2.84. The van der Waals surface area contributed by atoms with Gasteiger partial charge in [0.25, 0.3) is 0 Å². The molecule has 0 spiro atoms. The third-order valence-corrected chi connectivity index (χ3v) is 3.79. The number of hydrogen-bond acceptors (Lipinski definition) is 5. The molecule has 0 fully saturated rings. The average molecular weight is 341 g/mol. The zero-order chi connectivity index (χ0) is 17.6. The molecule has 0 saturated carbocycles. The van der Waals surface area contributed by atoms with Crippen LogP contribution in [0.25, 0.3) is 0 Å². The minimum Gasteiger partial charge on any atom is -0.480 e. The lowest BCUT2D eigenvalue weighted by Crippen LogP contribution is -2.42. The van der Waals surface area contributed by atoms with E-state index in [1.54, 1.807) is 19.2 Å². The molecule has 0 aliphatic heterocycles. The first-order valence-corrected chi connectivity index (χ1v) is 8.34. The molecule has 0 radical (unpaired) electrons. The molecule has 1 atom stereocenters. The molecular weight excluding hydrogens is 318 g/mol. The predicted molar refractivity (Wildman–Crippen MR) is 88.3 cm³/mol. The highest BCUT2D eigenvalue weighted by atomic mass is 32.1. The molecule has 1 aromatic rings. The van der Waals surface area contributed by atoms with Crippen molar-refractivity contribution in [1.82, 2.24) is 10.3 Å². The van der Waals surface area contributed by atoms with Crippen LogP contribution in [0.1, 0.15) is 39.8 Å². The van der Waals surface area contributed by atoms with E-state index >= 15 is 0 Å². The first-order chi connectivity index (χ1) is 10.7. The number of carboxylic acids is 1. The maximum absolute atomic E-state index is 12.0. The summed E-state index contributed by atoms with van der Waals surface area (Å²) in [5.74, 6) is -1.58. The number of carboxylic acid groups (broad SMARTS) is 1. The second-order valence-corrected chi connectivity index (χ2v) is 6.91. The summed E-state index contributed by atoms with van der Waals surface area (Å²) in [6.07, 6.45) is 0.351. The molecule has 0 aliphatic rings. The number of rotatable bonds is 8. The summed E-state index contributed by atoms with van der Waals surface area (Å²) in [7, 11) is 0. The van der Waals surface area contributed by atoms with Crippen molar-refractivity contribution in [1.29, 1.82) is 0 Å². The number of thiazole rings is 1. The van der Waals surface area contributed by atoms with E-state index in [0.717, 1.165) is 0 Å². The molecule has 3 N–H and O–H groups in total. The minimum atomic E-state index is -1.05. The Morgan fingerprint density at radius 1 is 1.26 bits per heavy atom. The lowest BCUT2D eigenvalue weighted by molar-refractivity contribution is -0.142. The van der Waals surface area contributed by atoms with Gasteiger partial charge in [0.1, 0.15) is 6.04 Å². The molecule has 1 heterocycles. The Morgan fingerprint density at radius 3 is 2.43 bits per heavy atom. The van der Waals surface area contributed by atoms with Crippen LogP contribution in [0.3, 0.4) is 0 Å². The smallest absolute Gasteiger partial charge is 0.326 e. The number of amides is 2. The van der Waals surface area contributed by atoms with Gasteiger partial charge < -0.3 is 15.7 Å². The van der Waals surface area contributed by atoms with Crippen LogP contribution < -0.4 is 10.6 Å². The standard InChI is InChI=1S/C15H23N3O4S/c1-8(2)5-11(14(21)22)17-12(19)6-10-7-23-15(16-10)18-13(20)9(3)4/h7-9,11H,5-6H2,1-4H3,(H,17,19)(H,21,22)(H,16,18,20)/t11-/m0/s1. The highest BCUT2D eigenvalue weighted by molar-refractivity contribution is 7.13. The zero-order valence-electron chi connectivity index (χ0n) is 13.8. The highest BCUT2D eigenvalue weighted by Gasteiger charge is 2.21. The fraction of sp³-hybridized carbons (Fsp3) is 0.600. The fourth-order valence-corrected chi connectivity index (χ4v) is 2.51. The number of carbonyl (C=O) groups excluding carboxylic acids is 2. The van der Waals surface area contributed by atoms with Crippen molar-refractivity contribution in [2.75, 3.05) is 5.32 Å². The fourth-order valence-electron chi connectivity index (χ4n) is 1.80. The summed E-state index contributed by atoms with van der Waals surface area (Å²) in [5.41, 5.74) is 0.500. The van der Waals surface area contributed by atoms with Gasteiger partial charge in [-0.15, -0.1) is 11.3 Å². The van der Waals surface area contributed by atoms with E-state index < -0.39 is 17.9 Å². The van der Waals surface area contributed by atoms with E-state index in [1.807, 2.05) is 13.8 Å². The predicted octanol–water partition coefficient (Wildman–Crippen LogP) is 1.90. The van der Waals surface area contributed by atoms with Gasteiger partial charge in [-0.25, -0.2) is 9.78 Å². The van der Waals surface area contributed by atoms with Crippen LogP contribution in [-0.2, 0) is 20.8 Å². The Bertz CT molecular complexity index is 569. The minimum absolute atomic E-state index is 0.0179. The molecule has 2 amide bonds. The van der Waals surface area contributed by atoms with Gasteiger partial charge in [-0.2, -0.15) is 0 Å². The molecule has 0 bridgehead atoms. The number of nitrogens with one attached hydrogen (secondary N) is 2. The molecular formula is C15H23N3O4S. The van der Waals surface area contributed by atoms with Crippen molar-refractivity contribution in [3.05, 3.63) is 11.1 Å². The van der Waals surface area contributed by atoms with E-state index in [1.165, 1.54) is 11.3 Å². The molecule has 8 heteroatoms. The Balaban J connectivity index is 2.58. The third kappa shape index (κ3) is 6.77. The number of aromatic nitrogens is 1. The SMILES string of the molecule is CC(C)C[C@H](NC(=O)Cc1csc(NC(=O)C(C)C)n1)C(=O)O. The molecule has 1 aromatic heterocycles. The highest BCUT2D eigenvalue weighted by Crippen LogP contribution is 2.17. The van der Waals surface area contributed by atoms with Gasteiger partial charge in [-0.3, -0.25) is 9.59 Å². The van der Waals surface area contributed by atoms with Crippen LogP contribution in [0.4, 0.5) is 5.13 Å². The number of carbonyl (C=O) groups is 3. The summed E-state index contributed by atoms with van der Waals surface area (Å²) < 4.78 is 0. The van der Waals surface area contributed by atoms with Crippen LogP contribution in [0, 0.1) is 11.8 Å². The van der Waals surface area contributed by atoms with Crippen molar-refractivity contribution in [3.63, 3.8) is 0 Å². The van der Waals surface area contributed by atoms with E-state index in [2.05, 4.69) is 15.6 Å². The Labute approximate surface area is 139 Å². The second kappa shape index (κ2) is 8.61. The van der Waals surface area contributed by atoms with Crippen LogP contribution in [0.2, 0.25) is 0 Å². The summed E-state index contributed by atoms with van der Waals surface area (Å²) in [5, 5.41) is 16.4. The summed E-state index contributed by atoms with van der Waals surface area (Å²) in [6.45, 7) is 7.34. The van der Waals surface area contributed by atoms with Crippen LogP contribution in [-0.4, -0.2) is 33.9 Å². The van der Waals surface area contributed by atoms with Gasteiger partial charge in [0, 0.05) is 11.3 Å². The third-order valence-electron chi connectivity index (χ3n) is 2.99. The number of nitrogens with zero attached hydrogens (tertiary/aromatic N) is 1. The Kier molecular flexibility index (Phi) is 7.15. The monoisotopic (exact) mass is 341 g/mol. The van der Waals surface area contributed by atoms with Crippen molar-refractivity contribution in [2.24, 2.45) is 11.8 Å². The van der Waals surface area contributed by atoms with E-state index in [-0.39, 0.29) is 24.2 Å². The Morgan fingerprint density at radius 2 is 1.91 bits per heavy atom. The number of aliphatic carboxylic acids is 1. The van der Waals surface area contributed by atoms with Gasteiger partial charge >= 0.3 is 5.97 Å². The van der Waals surface area contributed by atoms with Gasteiger partial charge in [0.15, 0.2) is 5.13 Å². The van der Waals surface area contributed by atoms with E-state index in [0.29, 0.717) is 17.2 Å². The lowest BCUT2D eigenvalue weighted by Gasteiger charge is -2.16. The maximum Gasteiger partial charge on any atom is 0.326 e. The molecule has 7 nitrogen and oxygen atoms in total. The molecule has 0 aliphatic carbocycles. The van der Waals surface area contributed by atoms with Crippen molar-refractivity contribution < 1.29 is 19.5 Å². The molecule has 0 saturated heterocycles. The first-order valence-electron chi connectivity index (χ1n) is 7.46. The Hall–Kier alpha value is -1.96. The first kappa shape index (κ1) is 19.1. The topological polar surface area (TPSA) is 108 Å². The van der Waals surface area contributed by atoms with Crippen molar-refractivity contribution in [2.45, 2.75) is 46.6 Å². The summed E-state index contributed by atoms with van der Waals surface area (Å²) in [4.78, 5) is 38.8. The van der Waals surface area contributed by atoms with Gasteiger partial charge in [0.2, 0.25) is 11.8 Å². The molecule has 1 rings (SSSR count). The number of anilines is 1. The molecule has 23 heavy (non-hydrogen) atoms. The van der Waals surface area contributed by atoms with Crippen LogP contribution >= 0.6 is 11.3 Å². The summed E-state index contributed by atoms with van der Waals surface area (Å²) >= 11 is 1.23. The van der Waals surface area contributed by atoms with Gasteiger partial charge in [0.05, 0.1) is 12.1 Å².